The van der Waals surface area contributed by atoms with Crippen LogP contribution in [-0.2, 0) is 19.5 Å². The lowest BCUT2D eigenvalue weighted by Crippen LogP contribution is -2.24. The Labute approximate surface area is 97.9 Å². The summed E-state index contributed by atoms with van der Waals surface area (Å²) < 4.78 is 0. The molecule has 1 heterocycles. The lowest BCUT2D eigenvalue weighted by molar-refractivity contribution is 0.227. The van der Waals surface area contributed by atoms with Crippen molar-refractivity contribution < 1.29 is 5.11 Å². The number of aryl methyl sites for hydroxylation is 1. The molecule has 2 nitrogen and oxygen atoms in total. The topological polar surface area (TPSA) is 23.5 Å². The highest BCUT2D eigenvalue weighted by Crippen LogP contribution is 2.25. The molecule has 0 bridgehead atoms. The standard InChI is InChI=1S/C14H21NO/c1-11(2)15-9-13-6-5-12(4-3-7-16)8-14(13)10-15/h5-6,8,11,16H,3-4,7,9-10H2,1-2H3. The maximum Gasteiger partial charge on any atom is 0.0434 e. The number of fused-ring (bicyclic) bond motifs is 1. The van der Waals surface area contributed by atoms with E-state index in [9.17, 15) is 0 Å². The molecule has 1 N–H and O–H groups in total. The van der Waals surface area contributed by atoms with Crippen LogP contribution in [0.5, 0.6) is 0 Å². The third kappa shape index (κ3) is 2.45. The predicted molar refractivity (Wildman–Crippen MR) is 66.2 cm³/mol. The van der Waals surface area contributed by atoms with Crippen molar-refractivity contribution in [3.8, 4) is 0 Å². The molecule has 0 spiro atoms. The first-order valence-electron chi connectivity index (χ1n) is 6.16. The monoisotopic (exact) mass is 219 g/mol. The molecule has 0 fully saturated rings. The zero-order valence-corrected chi connectivity index (χ0v) is 10.2. The zero-order chi connectivity index (χ0) is 11.5. The number of benzene rings is 1. The Morgan fingerprint density at radius 1 is 1.25 bits per heavy atom. The lowest BCUT2D eigenvalue weighted by atomic mass is 10.0. The van der Waals surface area contributed by atoms with E-state index in [0.717, 1.165) is 25.9 Å². The van der Waals surface area contributed by atoms with E-state index >= 15 is 0 Å². The summed E-state index contributed by atoms with van der Waals surface area (Å²) >= 11 is 0. The van der Waals surface area contributed by atoms with Crippen molar-refractivity contribution in [2.24, 2.45) is 0 Å². The second kappa shape index (κ2) is 4.98. The number of hydrogen-bond donors (Lipinski definition) is 1. The first-order chi connectivity index (χ1) is 7.70. The smallest absolute Gasteiger partial charge is 0.0434 e. The van der Waals surface area contributed by atoms with Crippen molar-refractivity contribution in [3.63, 3.8) is 0 Å². The Morgan fingerprint density at radius 2 is 2.00 bits per heavy atom. The van der Waals surface area contributed by atoms with E-state index in [2.05, 4.69) is 36.9 Å². The van der Waals surface area contributed by atoms with E-state index in [1.54, 1.807) is 0 Å². The molecule has 1 aromatic rings. The molecule has 0 amide bonds. The van der Waals surface area contributed by atoms with Crippen molar-refractivity contribution in [2.45, 2.75) is 45.8 Å². The minimum absolute atomic E-state index is 0.287. The van der Waals surface area contributed by atoms with Gasteiger partial charge >= 0.3 is 0 Å². The fourth-order valence-corrected chi connectivity index (χ4v) is 2.28. The Hall–Kier alpha value is -0.860. The first kappa shape index (κ1) is 11.6. The molecular formula is C14H21NO. The summed E-state index contributed by atoms with van der Waals surface area (Å²) in [5, 5.41) is 8.83. The molecule has 0 aromatic heterocycles. The Morgan fingerprint density at radius 3 is 2.69 bits per heavy atom. The molecule has 1 aliphatic heterocycles. The Bertz CT molecular complexity index is 360. The van der Waals surface area contributed by atoms with Gasteiger partial charge in [0, 0.05) is 25.7 Å². The summed E-state index contributed by atoms with van der Waals surface area (Å²) in [6, 6.07) is 7.39. The van der Waals surface area contributed by atoms with Gasteiger partial charge in [0.2, 0.25) is 0 Å². The van der Waals surface area contributed by atoms with Gasteiger partial charge < -0.3 is 5.11 Å². The minimum Gasteiger partial charge on any atom is -0.396 e. The van der Waals surface area contributed by atoms with Crippen LogP contribution in [0.15, 0.2) is 18.2 Å². The fraction of sp³-hybridized carbons (Fsp3) is 0.571. The van der Waals surface area contributed by atoms with Crippen molar-refractivity contribution in [1.82, 2.24) is 4.90 Å². The minimum atomic E-state index is 0.287. The van der Waals surface area contributed by atoms with Crippen molar-refractivity contribution >= 4 is 0 Å². The quantitative estimate of drug-likeness (QED) is 0.840. The molecule has 16 heavy (non-hydrogen) atoms. The van der Waals surface area contributed by atoms with E-state index in [1.165, 1.54) is 16.7 Å². The van der Waals surface area contributed by atoms with Crippen molar-refractivity contribution in [1.29, 1.82) is 0 Å². The van der Waals surface area contributed by atoms with Gasteiger partial charge in [-0.15, -0.1) is 0 Å². The Balaban J connectivity index is 2.08. The average molecular weight is 219 g/mol. The number of nitrogens with zero attached hydrogens (tertiary/aromatic N) is 1. The van der Waals surface area contributed by atoms with Crippen LogP contribution >= 0.6 is 0 Å². The molecule has 0 radical (unpaired) electrons. The van der Waals surface area contributed by atoms with E-state index in [1.807, 2.05) is 0 Å². The van der Waals surface area contributed by atoms with Gasteiger partial charge in [-0.1, -0.05) is 18.2 Å². The molecule has 0 saturated heterocycles. The highest BCUT2D eigenvalue weighted by Gasteiger charge is 2.20. The molecule has 0 atom stereocenters. The number of aliphatic hydroxyl groups is 1. The van der Waals surface area contributed by atoms with Crippen molar-refractivity contribution in [2.75, 3.05) is 6.61 Å². The van der Waals surface area contributed by atoms with Crippen molar-refractivity contribution in [3.05, 3.63) is 34.9 Å². The first-order valence-corrected chi connectivity index (χ1v) is 6.16. The van der Waals surface area contributed by atoms with Crippen LogP contribution in [-0.4, -0.2) is 22.7 Å². The van der Waals surface area contributed by atoms with Gasteiger partial charge in [0.15, 0.2) is 0 Å². The normalized spacial score (nSPS) is 15.8. The molecule has 0 aliphatic carbocycles. The molecule has 0 saturated carbocycles. The Kier molecular flexibility index (Phi) is 3.62. The van der Waals surface area contributed by atoms with Crippen LogP contribution in [0.25, 0.3) is 0 Å². The maximum absolute atomic E-state index is 8.83. The number of aliphatic hydroxyl groups excluding tert-OH is 1. The van der Waals surface area contributed by atoms with Gasteiger partial charge in [0.05, 0.1) is 0 Å². The largest absolute Gasteiger partial charge is 0.396 e. The third-order valence-electron chi connectivity index (χ3n) is 3.37. The third-order valence-corrected chi connectivity index (χ3v) is 3.37. The van der Waals surface area contributed by atoms with Gasteiger partial charge in [-0.05, 0) is 43.4 Å². The molecule has 0 unspecified atom stereocenters. The van der Waals surface area contributed by atoms with E-state index in [-0.39, 0.29) is 6.61 Å². The SMILES string of the molecule is CC(C)N1Cc2ccc(CCCO)cc2C1. The molecule has 2 rings (SSSR count). The maximum atomic E-state index is 8.83. The molecule has 88 valence electrons. The summed E-state index contributed by atoms with van der Waals surface area (Å²) in [6.45, 7) is 6.96. The fourth-order valence-electron chi connectivity index (χ4n) is 2.28. The van der Waals surface area contributed by atoms with Gasteiger partial charge in [0.25, 0.3) is 0 Å². The highest BCUT2D eigenvalue weighted by molar-refractivity contribution is 5.35. The average Bonchev–Trinajstić information content (AvgIpc) is 2.69. The van der Waals surface area contributed by atoms with E-state index in [0.29, 0.717) is 6.04 Å². The van der Waals surface area contributed by atoms with E-state index < -0.39 is 0 Å². The van der Waals surface area contributed by atoms with Crippen LogP contribution in [0.1, 0.15) is 37.0 Å². The van der Waals surface area contributed by atoms with Crippen LogP contribution in [0.3, 0.4) is 0 Å². The summed E-state index contributed by atoms with van der Waals surface area (Å²) in [6.07, 6.45) is 1.86. The van der Waals surface area contributed by atoms with Gasteiger partial charge in [-0.3, -0.25) is 4.90 Å². The van der Waals surface area contributed by atoms with Gasteiger partial charge in [-0.2, -0.15) is 0 Å². The number of hydrogen-bond acceptors (Lipinski definition) is 2. The van der Waals surface area contributed by atoms with Crippen LogP contribution in [0.2, 0.25) is 0 Å². The lowest BCUT2D eigenvalue weighted by Gasteiger charge is -2.18. The van der Waals surface area contributed by atoms with Crippen LogP contribution in [0.4, 0.5) is 0 Å². The van der Waals surface area contributed by atoms with Gasteiger partial charge in [-0.25, -0.2) is 0 Å². The molecule has 2 heteroatoms. The second-order valence-electron chi connectivity index (χ2n) is 4.93. The summed E-state index contributed by atoms with van der Waals surface area (Å²) in [7, 11) is 0. The molecule has 1 aliphatic rings. The highest BCUT2D eigenvalue weighted by atomic mass is 16.2. The summed E-state index contributed by atoms with van der Waals surface area (Å²) in [5.74, 6) is 0. The summed E-state index contributed by atoms with van der Waals surface area (Å²) in [5.41, 5.74) is 4.31. The van der Waals surface area contributed by atoms with E-state index in [4.69, 9.17) is 5.11 Å². The number of rotatable bonds is 4. The second-order valence-corrected chi connectivity index (χ2v) is 4.93. The predicted octanol–water partition coefficient (Wildman–Crippen LogP) is 2.34. The molecular weight excluding hydrogens is 198 g/mol. The molecule has 1 aromatic carbocycles. The summed E-state index contributed by atoms with van der Waals surface area (Å²) in [4.78, 5) is 2.49. The van der Waals surface area contributed by atoms with Crippen LogP contribution in [0, 0.1) is 0 Å². The zero-order valence-electron chi connectivity index (χ0n) is 10.2. The van der Waals surface area contributed by atoms with Crippen LogP contribution < -0.4 is 0 Å². The van der Waals surface area contributed by atoms with Gasteiger partial charge in [0.1, 0.15) is 0 Å².